The van der Waals surface area contributed by atoms with Gasteiger partial charge in [0.1, 0.15) is 6.61 Å². The summed E-state index contributed by atoms with van der Waals surface area (Å²) in [6, 6.07) is -13.3. The summed E-state index contributed by atoms with van der Waals surface area (Å²) < 4.78 is 167. The fourth-order valence-electron chi connectivity index (χ4n) is 1.55. The van der Waals surface area contributed by atoms with Crippen molar-refractivity contribution in [3.05, 3.63) is 11.7 Å². The van der Waals surface area contributed by atoms with Gasteiger partial charge in [0.15, 0.2) is 0 Å². The minimum atomic E-state index is -6.65. The quantitative estimate of drug-likeness (QED) is 0.292. The maximum absolute atomic E-state index is 13.8. The Morgan fingerprint density at radius 2 is 1.31 bits per heavy atom. The molecule has 0 aromatic rings. The van der Waals surface area contributed by atoms with Crippen LogP contribution in [0.15, 0.2) is 11.7 Å². The van der Waals surface area contributed by atoms with E-state index >= 15 is 0 Å². The van der Waals surface area contributed by atoms with Crippen molar-refractivity contribution in [3.8, 4) is 0 Å². The van der Waals surface area contributed by atoms with Crippen LogP contribution in [0.1, 0.15) is 0 Å². The Hall–Kier alpha value is -1.58. The number of alkyl halides is 11. The molecule has 0 radical (unpaired) electrons. The molecule has 1 rings (SSSR count). The van der Waals surface area contributed by atoms with Gasteiger partial charge in [-0.1, -0.05) is 0 Å². The van der Waals surface area contributed by atoms with Crippen molar-refractivity contribution in [1.82, 2.24) is 4.90 Å². The number of morpholine rings is 1. The van der Waals surface area contributed by atoms with Crippen LogP contribution in [0.5, 0.6) is 0 Å². The topological polar surface area (TPSA) is 30.9 Å². The number of methoxy groups -OCH3 is 1. The molecule has 0 aromatic heterocycles. The van der Waals surface area contributed by atoms with E-state index in [0.717, 1.165) is 7.11 Å². The van der Waals surface area contributed by atoms with E-state index in [4.69, 9.17) is 0 Å². The molecule has 0 atom stereocenters. The van der Waals surface area contributed by atoms with E-state index in [9.17, 15) is 52.7 Å². The van der Waals surface area contributed by atoms with Crippen LogP contribution in [-0.4, -0.2) is 55.7 Å². The number of allylic oxidation sites excluding steroid dienone is 1. The van der Waals surface area contributed by atoms with Gasteiger partial charge in [0.2, 0.25) is 5.95 Å². The predicted molar refractivity (Wildman–Crippen MR) is 54.7 cm³/mol. The highest BCUT2D eigenvalue weighted by molar-refractivity contribution is 5.13. The van der Waals surface area contributed by atoms with E-state index in [-0.39, 0.29) is 0 Å². The molecule has 0 aliphatic carbocycles. The van der Waals surface area contributed by atoms with Crippen molar-refractivity contribution < 1.29 is 66.9 Å². The molecule has 154 valence electrons. The van der Waals surface area contributed by atoms with Crippen molar-refractivity contribution in [2.45, 2.75) is 30.5 Å². The Labute approximate surface area is 135 Å². The summed E-state index contributed by atoms with van der Waals surface area (Å²) in [6.07, 6.45) is -19.1. The van der Waals surface area contributed by atoms with Crippen molar-refractivity contribution in [2.24, 2.45) is 0 Å². The largest absolute Gasteiger partial charge is 0.483 e. The van der Waals surface area contributed by atoms with Crippen molar-refractivity contribution in [2.75, 3.05) is 20.3 Å². The average molecular weight is 417 g/mol. The summed E-state index contributed by atoms with van der Waals surface area (Å²) in [7, 11) is 0.891. The number of halogens is 12. The van der Waals surface area contributed by atoms with Crippen LogP contribution < -0.4 is 0 Å². The van der Waals surface area contributed by atoms with Crippen LogP contribution in [-0.2, 0) is 14.2 Å². The Morgan fingerprint density at radius 3 is 1.65 bits per heavy atom. The Balaban J connectivity index is 3.61. The molecule has 0 aromatic carbocycles. The van der Waals surface area contributed by atoms with E-state index in [0.29, 0.717) is 0 Å². The smallest absolute Gasteiger partial charge is 0.453 e. The van der Waals surface area contributed by atoms with Gasteiger partial charge in [-0.3, -0.25) is 0 Å². The standard InChI is InChI=1S/C10H7F12NO3/c1-24-2-3-25-4(6(12,13)14)5(11)23-7(15,16)9(19,20)26-10(21,22)8(23,17)18/h2-3H2,1H3. The van der Waals surface area contributed by atoms with Crippen LogP contribution in [0.4, 0.5) is 52.7 Å². The highest BCUT2D eigenvalue weighted by Crippen LogP contribution is 2.57. The molecule has 0 unspecified atom stereocenters. The summed E-state index contributed by atoms with van der Waals surface area (Å²) >= 11 is 0. The van der Waals surface area contributed by atoms with Crippen molar-refractivity contribution in [1.29, 1.82) is 0 Å². The van der Waals surface area contributed by atoms with Gasteiger partial charge in [-0.05, 0) is 0 Å². The van der Waals surface area contributed by atoms with E-state index < -0.39 is 60.3 Å². The fraction of sp³-hybridized carbons (Fsp3) is 0.800. The van der Waals surface area contributed by atoms with Gasteiger partial charge in [-0.15, -0.1) is 0 Å². The lowest BCUT2D eigenvalue weighted by molar-refractivity contribution is -0.559. The Kier molecular flexibility index (Phi) is 5.65. The summed E-state index contributed by atoms with van der Waals surface area (Å²) in [4.78, 5) is -3.03. The number of ether oxygens (including phenoxy) is 3. The molecule has 0 saturated carbocycles. The molecule has 0 bridgehead atoms. The van der Waals surface area contributed by atoms with Crippen LogP contribution in [0.3, 0.4) is 0 Å². The molecule has 1 saturated heterocycles. The number of rotatable bonds is 5. The second-order valence-electron chi connectivity index (χ2n) is 4.51. The zero-order valence-corrected chi connectivity index (χ0v) is 12.1. The molecule has 1 aliphatic rings. The van der Waals surface area contributed by atoms with Crippen LogP contribution >= 0.6 is 0 Å². The third kappa shape index (κ3) is 3.60. The first kappa shape index (κ1) is 22.5. The van der Waals surface area contributed by atoms with E-state index in [2.05, 4.69) is 9.47 Å². The van der Waals surface area contributed by atoms with E-state index in [1.807, 2.05) is 4.74 Å². The van der Waals surface area contributed by atoms with Gasteiger partial charge in [0, 0.05) is 7.11 Å². The van der Waals surface area contributed by atoms with Gasteiger partial charge < -0.3 is 9.47 Å². The van der Waals surface area contributed by atoms with Gasteiger partial charge in [0.25, 0.3) is 5.76 Å². The molecule has 1 fully saturated rings. The van der Waals surface area contributed by atoms with Crippen LogP contribution in [0.25, 0.3) is 0 Å². The lowest BCUT2D eigenvalue weighted by atomic mass is 10.2. The average Bonchev–Trinajstić information content (AvgIpc) is 2.38. The second kappa shape index (κ2) is 6.54. The van der Waals surface area contributed by atoms with Crippen molar-refractivity contribution in [3.63, 3.8) is 0 Å². The molecular weight excluding hydrogens is 410 g/mol. The molecule has 1 heterocycles. The van der Waals surface area contributed by atoms with Gasteiger partial charge >= 0.3 is 30.5 Å². The van der Waals surface area contributed by atoms with Gasteiger partial charge in [-0.2, -0.15) is 52.7 Å². The molecule has 4 nitrogen and oxygen atoms in total. The lowest BCUT2D eigenvalue weighted by Crippen LogP contribution is -2.73. The van der Waals surface area contributed by atoms with Crippen LogP contribution in [0.2, 0.25) is 0 Å². The fourth-order valence-corrected chi connectivity index (χ4v) is 1.55. The summed E-state index contributed by atoms with van der Waals surface area (Å²) in [5.74, 6) is -7.19. The summed E-state index contributed by atoms with van der Waals surface area (Å²) in [5.41, 5.74) is 0. The predicted octanol–water partition coefficient (Wildman–Crippen LogP) is 4.05. The monoisotopic (exact) mass is 417 g/mol. The normalized spacial score (nSPS) is 24.9. The van der Waals surface area contributed by atoms with Crippen molar-refractivity contribution >= 4 is 0 Å². The zero-order valence-electron chi connectivity index (χ0n) is 12.1. The molecule has 0 amide bonds. The highest BCUT2D eigenvalue weighted by Gasteiger charge is 2.84. The minimum absolute atomic E-state index is 0.755. The van der Waals surface area contributed by atoms with Gasteiger partial charge in [0.05, 0.1) is 6.61 Å². The first-order chi connectivity index (χ1) is 11.4. The van der Waals surface area contributed by atoms with Gasteiger partial charge in [-0.25, -0.2) is 9.64 Å². The van der Waals surface area contributed by atoms with E-state index in [1.165, 1.54) is 0 Å². The maximum Gasteiger partial charge on any atom is 0.453 e. The first-order valence-electron chi connectivity index (χ1n) is 6.04. The Bertz CT molecular complexity index is 532. The third-order valence-electron chi connectivity index (χ3n) is 2.69. The third-order valence-corrected chi connectivity index (χ3v) is 2.69. The minimum Gasteiger partial charge on any atom is -0.483 e. The Morgan fingerprint density at radius 1 is 0.885 bits per heavy atom. The molecule has 26 heavy (non-hydrogen) atoms. The molecule has 0 N–H and O–H groups in total. The number of hydrogen-bond acceptors (Lipinski definition) is 4. The highest BCUT2D eigenvalue weighted by atomic mass is 19.4. The molecule has 16 heteroatoms. The SMILES string of the molecule is COCCOC(=C(F)N1C(F)(F)C(F)(F)OC(F)(F)C1(F)F)C(F)(F)F. The van der Waals surface area contributed by atoms with E-state index in [1.54, 1.807) is 0 Å². The lowest BCUT2D eigenvalue weighted by Gasteiger charge is -2.47. The summed E-state index contributed by atoms with van der Waals surface area (Å²) in [6.45, 7) is -2.03. The number of nitrogens with zero attached hydrogens (tertiary/aromatic N) is 1. The maximum atomic E-state index is 13.8. The number of hydrogen-bond donors (Lipinski definition) is 0. The molecule has 1 aliphatic heterocycles. The summed E-state index contributed by atoms with van der Waals surface area (Å²) in [5, 5.41) is 0. The molecular formula is C10H7F12NO3. The molecule has 0 spiro atoms. The van der Waals surface area contributed by atoms with Crippen LogP contribution in [0, 0.1) is 0 Å². The second-order valence-corrected chi connectivity index (χ2v) is 4.51. The first-order valence-corrected chi connectivity index (χ1v) is 6.04. The zero-order chi connectivity index (χ0) is 20.8.